The highest BCUT2D eigenvalue weighted by molar-refractivity contribution is 4.88. The highest BCUT2D eigenvalue weighted by Crippen LogP contribution is 2.31. The van der Waals surface area contributed by atoms with Crippen LogP contribution in [-0.2, 0) is 0 Å². The van der Waals surface area contributed by atoms with Gasteiger partial charge in [0, 0.05) is 19.0 Å². The van der Waals surface area contributed by atoms with Crippen molar-refractivity contribution in [1.29, 1.82) is 0 Å². The van der Waals surface area contributed by atoms with Crippen molar-refractivity contribution >= 4 is 0 Å². The van der Waals surface area contributed by atoms with Gasteiger partial charge in [0.2, 0.25) is 0 Å². The van der Waals surface area contributed by atoms with E-state index >= 15 is 0 Å². The second-order valence-electron chi connectivity index (χ2n) is 5.53. The Morgan fingerprint density at radius 3 is 2.47 bits per heavy atom. The maximum atomic E-state index is 13.1. The Balaban J connectivity index is 1.89. The molecule has 17 heavy (non-hydrogen) atoms. The number of aliphatic hydroxyl groups is 1. The fourth-order valence-corrected chi connectivity index (χ4v) is 2.83. The molecule has 1 saturated heterocycles. The number of hydrogen-bond acceptors (Lipinski definition) is 3. The highest BCUT2D eigenvalue weighted by Gasteiger charge is 2.45. The summed E-state index contributed by atoms with van der Waals surface area (Å²) in [6.07, 6.45) is 5.45. The van der Waals surface area contributed by atoms with Crippen LogP contribution in [-0.4, -0.2) is 40.9 Å². The summed E-state index contributed by atoms with van der Waals surface area (Å²) in [5.74, 6) is -3.96. The molecule has 0 aromatic carbocycles. The number of alkyl halides is 2. The van der Waals surface area contributed by atoms with Crippen molar-refractivity contribution in [3.05, 3.63) is 0 Å². The minimum Gasteiger partial charge on any atom is -0.363 e. The first-order chi connectivity index (χ1) is 7.89. The molecular formula is C12H22F2N2O. The maximum absolute atomic E-state index is 13.1. The Morgan fingerprint density at radius 2 is 1.94 bits per heavy atom. The molecule has 0 bridgehead atoms. The summed E-state index contributed by atoms with van der Waals surface area (Å²) < 4.78 is 26.2. The SMILES string of the molecule is CC(O)(NC1CCCCC1)N1CCC(F)(F)C1. The molecule has 2 N–H and O–H groups in total. The highest BCUT2D eigenvalue weighted by atomic mass is 19.3. The van der Waals surface area contributed by atoms with Gasteiger partial charge in [-0.3, -0.25) is 10.2 Å². The summed E-state index contributed by atoms with van der Waals surface area (Å²) >= 11 is 0. The van der Waals surface area contributed by atoms with E-state index in [-0.39, 0.29) is 25.6 Å². The van der Waals surface area contributed by atoms with E-state index in [0.717, 1.165) is 25.7 Å². The maximum Gasteiger partial charge on any atom is 0.261 e. The van der Waals surface area contributed by atoms with Crippen molar-refractivity contribution in [2.45, 2.75) is 63.3 Å². The molecule has 2 rings (SSSR count). The Hall–Kier alpha value is -0.260. The standard InChI is InChI=1S/C12H22F2N2O/c1-11(17,15-10-5-3-2-4-6-10)16-8-7-12(13,14)9-16/h10,15,17H,2-9H2,1H3. The summed E-state index contributed by atoms with van der Waals surface area (Å²) in [4.78, 5) is 1.45. The third-order valence-corrected chi connectivity index (χ3v) is 3.87. The first-order valence-electron chi connectivity index (χ1n) is 6.52. The smallest absolute Gasteiger partial charge is 0.261 e. The second kappa shape index (κ2) is 4.78. The monoisotopic (exact) mass is 248 g/mol. The van der Waals surface area contributed by atoms with Gasteiger partial charge >= 0.3 is 0 Å². The van der Waals surface area contributed by atoms with Crippen molar-refractivity contribution < 1.29 is 13.9 Å². The van der Waals surface area contributed by atoms with Gasteiger partial charge in [-0.15, -0.1) is 0 Å². The normalized spacial score (nSPS) is 30.4. The molecule has 0 spiro atoms. The van der Waals surface area contributed by atoms with Crippen LogP contribution in [0, 0.1) is 0 Å². The first-order valence-corrected chi connectivity index (χ1v) is 6.52. The number of halogens is 2. The lowest BCUT2D eigenvalue weighted by atomic mass is 9.95. The van der Waals surface area contributed by atoms with Crippen molar-refractivity contribution in [2.24, 2.45) is 0 Å². The topological polar surface area (TPSA) is 35.5 Å². The van der Waals surface area contributed by atoms with E-state index in [1.165, 1.54) is 11.3 Å². The molecule has 0 aromatic heterocycles. The fraction of sp³-hybridized carbons (Fsp3) is 1.00. The van der Waals surface area contributed by atoms with Gasteiger partial charge in [-0.05, 0) is 19.8 Å². The average molecular weight is 248 g/mol. The van der Waals surface area contributed by atoms with E-state index in [9.17, 15) is 13.9 Å². The number of likely N-dealkylation sites (tertiary alicyclic amines) is 1. The molecule has 2 aliphatic rings. The summed E-state index contributed by atoms with van der Waals surface area (Å²) in [7, 11) is 0. The summed E-state index contributed by atoms with van der Waals surface area (Å²) in [5, 5.41) is 13.4. The van der Waals surface area contributed by atoms with Gasteiger partial charge in [0.05, 0.1) is 6.54 Å². The van der Waals surface area contributed by atoms with E-state index in [1.807, 2.05) is 0 Å². The predicted molar refractivity (Wildman–Crippen MR) is 61.8 cm³/mol. The van der Waals surface area contributed by atoms with Crippen molar-refractivity contribution in [1.82, 2.24) is 10.2 Å². The largest absolute Gasteiger partial charge is 0.363 e. The Morgan fingerprint density at radius 1 is 1.29 bits per heavy atom. The summed E-state index contributed by atoms with van der Waals surface area (Å²) in [6.45, 7) is 1.49. The van der Waals surface area contributed by atoms with Crippen LogP contribution in [0.1, 0.15) is 45.4 Å². The Kier molecular flexibility index (Phi) is 3.71. The lowest BCUT2D eigenvalue weighted by Gasteiger charge is -2.38. The second-order valence-corrected chi connectivity index (χ2v) is 5.53. The third kappa shape index (κ3) is 3.36. The molecule has 1 atom stereocenters. The predicted octanol–water partition coefficient (Wildman–Crippen LogP) is 1.92. The zero-order valence-electron chi connectivity index (χ0n) is 10.4. The van der Waals surface area contributed by atoms with Gasteiger partial charge in [0.1, 0.15) is 0 Å². The van der Waals surface area contributed by atoms with E-state index in [1.54, 1.807) is 6.92 Å². The van der Waals surface area contributed by atoms with Crippen LogP contribution in [0.5, 0.6) is 0 Å². The number of hydrogen-bond donors (Lipinski definition) is 2. The van der Waals surface area contributed by atoms with E-state index in [4.69, 9.17) is 0 Å². The van der Waals surface area contributed by atoms with Crippen LogP contribution in [0.4, 0.5) is 8.78 Å². The molecule has 0 amide bonds. The van der Waals surface area contributed by atoms with Gasteiger partial charge in [-0.2, -0.15) is 0 Å². The number of rotatable bonds is 3. The lowest BCUT2D eigenvalue weighted by molar-refractivity contribution is -0.130. The third-order valence-electron chi connectivity index (χ3n) is 3.87. The molecule has 1 unspecified atom stereocenters. The van der Waals surface area contributed by atoms with Crippen LogP contribution in [0.15, 0.2) is 0 Å². The van der Waals surface area contributed by atoms with Gasteiger partial charge in [-0.1, -0.05) is 19.3 Å². The Labute approximate surface area is 101 Å². The minimum absolute atomic E-state index is 0.157. The molecule has 2 fully saturated rings. The molecule has 0 radical (unpaired) electrons. The lowest BCUT2D eigenvalue weighted by Crippen LogP contribution is -2.59. The van der Waals surface area contributed by atoms with E-state index in [0.29, 0.717) is 0 Å². The van der Waals surface area contributed by atoms with Crippen LogP contribution in [0.3, 0.4) is 0 Å². The van der Waals surface area contributed by atoms with Gasteiger partial charge in [0.25, 0.3) is 5.92 Å². The molecular weight excluding hydrogens is 226 g/mol. The van der Waals surface area contributed by atoms with E-state index < -0.39 is 11.8 Å². The Bertz CT molecular complexity index is 265. The van der Waals surface area contributed by atoms with Gasteiger partial charge in [0.15, 0.2) is 5.85 Å². The van der Waals surface area contributed by atoms with Crippen molar-refractivity contribution in [3.63, 3.8) is 0 Å². The molecule has 1 saturated carbocycles. The summed E-state index contributed by atoms with van der Waals surface area (Å²) in [5.41, 5.74) is 0. The zero-order valence-corrected chi connectivity index (χ0v) is 10.4. The quantitative estimate of drug-likeness (QED) is 0.749. The first kappa shape index (κ1) is 13.2. The molecule has 3 nitrogen and oxygen atoms in total. The van der Waals surface area contributed by atoms with Gasteiger partial charge in [-0.25, -0.2) is 8.78 Å². The molecule has 5 heteroatoms. The van der Waals surface area contributed by atoms with Crippen LogP contribution >= 0.6 is 0 Å². The zero-order chi connectivity index (χ0) is 12.5. The number of nitrogens with zero attached hydrogens (tertiary/aromatic N) is 1. The molecule has 1 aliphatic heterocycles. The van der Waals surface area contributed by atoms with Gasteiger partial charge < -0.3 is 5.11 Å². The van der Waals surface area contributed by atoms with Crippen molar-refractivity contribution in [2.75, 3.05) is 13.1 Å². The van der Waals surface area contributed by atoms with Crippen LogP contribution in [0.25, 0.3) is 0 Å². The van der Waals surface area contributed by atoms with Crippen molar-refractivity contribution in [3.8, 4) is 0 Å². The molecule has 100 valence electrons. The van der Waals surface area contributed by atoms with Crippen LogP contribution in [0.2, 0.25) is 0 Å². The summed E-state index contributed by atoms with van der Waals surface area (Å²) in [6, 6.07) is 0.257. The number of nitrogens with one attached hydrogen (secondary N) is 1. The molecule has 1 heterocycles. The molecule has 0 aromatic rings. The van der Waals surface area contributed by atoms with Crippen LogP contribution < -0.4 is 5.32 Å². The molecule has 1 aliphatic carbocycles. The van der Waals surface area contributed by atoms with E-state index in [2.05, 4.69) is 5.32 Å². The average Bonchev–Trinajstić information content (AvgIpc) is 2.60. The fourth-order valence-electron chi connectivity index (χ4n) is 2.83. The minimum atomic E-state index is -2.65.